The van der Waals surface area contributed by atoms with Crippen LogP contribution in [0.3, 0.4) is 0 Å². The van der Waals surface area contributed by atoms with Crippen molar-refractivity contribution in [1.82, 2.24) is 10.6 Å². The van der Waals surface area contributed by atoms with E-state index in [2.05, 4.69) is 10.6 Å². The molecule has 0 saturated carbocycles. The number of rotatable bonds is 5. The van der Waals surface area contributed by atoms with Crippen molar-refractivity contribution in [3.05, 3.63) is 34.9 Å². The summed E-state index contributed by atoms with van der Waals surface area (Å²) in [5, 5.41) is 6.67. The van der Waals surface area contributed by atoms with Crippen LogP contribution in [0.4, 0.5) is 4.79 Å². The maximum Gasteiger partial charge on any atom is 0.315 e. The molecule has 2 heterocycles. The third kappa shape index (κ3) is 3.79. The fourth-order valence-corrected chi connectivity index (χ4v) is 3.69. The summed E-state index contributed by atoms with van der Waals surface area (Å²) in [6.45, 7) is 1.93. The van der Waals surface area contributed by atoms with Crippen LogP contribution in [0.15, 0.2) is 24.3 Å². The van der Waals surface area contributed by atoms with E-state index in [4.69, 9.17) is 21.1 Å². The van der Waals surface area contributed by atoms with Crippen LogP contribution in [0.5, 0.6) is 0 Å². The molecule has 126 valence electrons. The molecule has 3 rings (SSSR count). The van der Waals surface area contributed by atoms with Gasteiger partial charge in [-0.15, -0.1) is 0 Å². The number of amides is 2. The van der Waals surface area contributed by atoms with Gasteiger partial charge in [0.15, 0.2) is 0 Å². The number of benzene rings is 1. The highest BCUT2D eigenvalue weighted by atomic mass is 35.5. The van der Waals surface area contributed by atoms with Crippen molar-refractivity contribution in [2.75, 3.05) is 7.11 Å². The standard InChI is InChI=1S/C17H23ClN2O3/c1-10(16(22-2)11-3-5-12(18)6-4-11)19-17(21)20-14-9-13-7-8-15(14)23-13/h3-6,10,13-16H,7-9H2,1-2H3,(H2,19,20,21)/t10-,13-,14+,15-,16+/m1/s1. The first-order valence-corrected chi connectivity index (χ1v) is 8.45. The van der Waals surface area contributed by atoms with E-state index in [1.54, 1.807) is 7.11 Å². The second-order valence-corrected chi connectivity index (χ2v) is 6.77. The largest absolute Gasteiger partial charge is 0.375 e. The van der Waals surface area contributed by atoms with E-state index in [0.717, 1.165) is 24.8 Å². The summed E-state index contributed by atoms with van der Waals surface area (Å²) in [5.74, 6) is 0. The van der Waals surface area contributed by atoms with E-state index < -0.39 is 0 Å². The van der Waals surface area contributed by atoms with Gasteiger partial charge in [-0.2, -0.15) is 0 Å². The Labute approximate surface area is 141 Å². The smallest absolute Gasteiger partial charge is 0.315 e. The zero-order valence-corrected chi connectivity index (χ0v) is 14.2. The second-order valence-electron chi connectivity index (χ2n) is 6.33. The molecule has 2 N–H and O–H groups in total. The minimum atomic E-state index is -0.228. The number of carbonyl (C=O) groups excluding carboxylic acids is 1. The van der Waals surface area contributed by atoms with Crippen LogP contribution in [-0.4, -0.2) is 37.4 Å². The highest BCUT2D eigenvalue weighted by Crippen LogP contribution is 2.34. The van der Waals surface area contributed by atoms with E-state index in [0.29, 0.717) is 11.1 Å². The zero-order valence-electron chi connectivity index (χ0n) is 13.4. The van der Waals surface area contributed by atoms with Gasteiger partial charge in [0.05, 0.1) is 24.3 Å². The molecule has 5 atom stereocenters. The normalized spacial score (nSPS) is 28.4. The third-order valence-corrected chi connectivity index (χ3v) is 4.94. The number of nitrogens with one attached hydrogen (secondary N) is 2. The molecular weight excluding hydrogens is 316 g/mol. The number of hydrogen-bond acceptors (Lipinski definition) is 3. The Balaban J connectivity index is 1.55. The predicted molar refractivity (Wildman–Crippen MR) is 88.6 cm³/mol. The number of fused-ring (bicyclic) bond motifs is 2. The molecule has 0 aliphatic carbocycles. The van der Waals surface area contributed by atoms with E-state index in [1.165, 1.54) is 0 Å². The van der Waals surface area contributed by atoms with E-state index in [9.17, 15) is 4.79 Å². The lowest BCUT2D eigenvalue weighted by atomic mass is 9.96. The van der Waals surface area contributed by atoms with E-state index in [1.807, 2.05) is 31.2 Å². The number of hydrogen-bond donors (Lipinski definition) is 2. The number of methoxy groups -OCH3 is 1. The van der Waals surface area contributed by atoms with Gasteiger partial charge in [-0.3, -0.25) is 0 Å². The first-order valence-electron chi connectivity index (χ1n) is 8.07. The molecule has 1 aromatic carbocycles. The first-order chi connectivity index (χ1) is 11.1. The van der Waals surface area contributed by atoms with E-state index >= 15 is 0 Å². The summed E-state index contributed by atoms with van der Waals surface area (Å²) in [7, 11) is 1.64. The zero-order chi connectivity index (χ0) is 16.4. The highest BCUT2D eigenvalue weighted by Gasteiger charge is 2.41. The lowest BCUT2D eigenvalue weighted by Crippen LogP contribution is -2.50. The molecule has 2 aliphatic rings. The summed E-state index contributed by atoms with van der Waals surface area (Å²) < 4.78 is 11.3. The molecule has 2 amide bonds. The number of ether oxygens (including phenoxy) is 2. The Kier molecular flexibility index (Phi) is 5.09. The quantitative estimate of drug-likeness (QED) is 0.867. The van der Waals surface area contributed by atoms with Crippen molar-refractivity contribution in [1.29, 1.82) is 0 Å². The van der Waals surface area contributed by atoms with Gasteiger partial charge in [-0.05, 0) is 43.9 Å². The molecule has 0 aromatic heterocycles. The number of urea groups is 1. The fraction of sp³-hybridized carbons (Fsp3) is 0.588. The summed E-state index contributed by atoms with van der Waals surface area (Å²) in [4.78, 5) is 12.2. The van der Waals surface area contributed by atoms with Gasteiger partial charge in [0.25, 0.3) is 0 Å². The van der Waals surface area contributed by atoms with Crippen LogP contribution in [-0.2, 0) is 9.47 Å². The Morgan fingerprint density at radius 2 is 2.09 bits per heavy atom. The molecule has 0 unspecified atom stereocenters. The van der Waals surface area contributed by atoms with Crippen molar-refractivity contribution in [3.63, 3.8) is 0 Å². The molecule has 23 heavy (non-hydrogen) atoms. The van der Waals surface area contributed by atoms with Crippen LogP contribution < -0.4 is 10.6 Å². The van der Waals surface area contributed by atoms with Crippen LogP contribution in [0.2, 0.25) is 5.02 Å². The van der Waals surface area contributed by atoms with Gasteiger partial charge in [-0.25, -0.2) is 4.79 Å². The summed E-state index contributed by atoms with van der Waals surface area (Å²) in [6.07, 6.45) is 3.34. The molecule has 0 radical (unpaired) electrons. The van der Waals surface area contributed by atoms with E-state index in [-0.39, 0.29) is 30.3 Å². The highest BCUT2D eigenvalue weighted by molar-refractivity contribution is 6.30. The molecule has 2 saturated heterocycles. The molecule has 2 aliphatic heterocycles. The monoisotopic (exact) mass is 338 g/mol. The average Bonchev–Trinajstić information content (AvgIpc) is 3.12. The van der Waals surface area contributed by atoms with Crippen LogP contribution in [0.25, 0.3) is 0 Å². The maximum absolute atomic E-state index is 12.2. The molecule has 1 aromatic rings. The van der Waals surface area contributed by atoms with Gasteiger partial charge in [0.2, 0.25) is 0 Å². The summed E-state index contributed by atoms with van der Waals surface area (Å²) >= 11 is 5.92. The minimum absolute atomic E-state index is 0.123. The Bertz CT molecular complexity index is 551. The van der Waals surface area contributed by atoms with Gasteiger partial charge in [0.1, 0.15) is 6.10 Å². The number of halogens is 1. The van der Waals surface area contributed by atoms with Crippen LogP contribution in [0.1, 0.15) is 37.9 Å². The van der Waals surface area contributed by atoms with Crippen LogP contribution in [0, 0.1) is 0 Å². The van der Waals surface area contributed by atoms with Gasteiger partial charge in [0, 0.05) is 12.1 Å². The second kappa shape index (κ2) is 7.07. The minimum Gasteiger partial charge on any atom is -0.375 e. The topological polar surface area (TPSA) is 59.6 Å². The fourth-order valence-electron chi connectivity index (χ4n) is 3.56. The molecular formula is C17H23ClN2O3. The Morgan fingerprint density at radius 1 is 1.35 bits per heavy atom. The van der Waals surface area contributed by atoms with Crippen molar-refractivity contribution in [2.24, 2.45) is 0 Å². The summed E-state index contributed by atoms with van der Waals surface area (Å²) in [6, 6.07) is 7.25. The third-order valence-electron chi connectivity index (χ3n) is 4.69. The molecule has 2 bridgehead atoms. The molecule has 2 fully saturated rings. The Morgan fingerprint density at radius 3 is 2.65 bits per heavy atom. The van der Waals surface area contributed by atoms with Crippen molar-refractivity contribution < 1.29 is 14.3 Å². The lowest BCUT2D eigenvalue weighted by Gasteiger charge is -2.26. The summed E-state index contributed by atoms with van der Waals surface area (Å²) in [5.41, 5.74) is 0.980. The Hall–Kier alpha value is -1.30. The maximum atomic E-state index is 12.2. The van der Waals surface area contributed by atoms with Crippen molar-refractivity contribution in [2.45, 2.75) is 56.6 Å². The number of carbonyl (C=O) groups is 1. The molecule has 0 spiro atoms. The SMILES string of the molecule is CO[C@H](c1ccc(Cl)cc1)[C@@H](C)NC(=O)N[C@H]1C[C@H]2CC[C@H]1O2. The van der Waals surface area contributed by atoms with Crippen molar-refractivity contribution >= 4 is 17.6 Å². The van der Waals surface area contributed by atoms with Gasteiger partial charge in [-0.1, -0.05) is 23.7 Å². The molecule has 5 nitrogen and oxygen atoms in total. The van der Waals surface area contributed by atoms with Crippen LogP contribution >= 0.6 is 11.6 Å². The lowest BCUT2D eigenvalue weighted by molar-refractivity contribution is 0.0753. The first kappa shape index (κ1) is 16.6. The van der Waals surface area contributed by atoms with Crippen molar-refractivity contribution in [3.8, 4) is 0 Å². The average molecular weight is 339 g/mol. The van der Waals surface area contributed by atoms with Gasteiger partial charge >= 0.3 is 6.03 Å². The predicted octanol–water partition coefficient (Wildman–Crippen LogP) is 3.04. The van der Waals surface area contributed by atoms with Gasteiger partial charge < -0.3 is 20.1 Å². The molecule has 6 heteroatoms.